The Labute approximate surface area is 147 Å². The monoisotopic (exact) mass is 364 g/mol. The Morgan fingerprint density at radius 2 is 1.96 bits per heavy atom. The number of nitrogens with zero attached hydrogens (tertiary/aromatic N) is 2. The Bertz CT molecular complexity index is 809. The number of halogens is 3. The number of nitriles is 1. The van der Waals surface area contributed by atoms with Gasteiger partial charge in [-0.3, -0.25) is 0 Å². The van der Waals surface area contributed by atoms with Crippen molar-refractivity contribution in [3.05, 3.63) is 52.7 Å². The highest BCUT2D eigenvalue weighted by atomic mass is 32.2. The molecule has 1 fully saturated rings. The molecule has 0 atom stereocenters. The number of ether oxygens (including phenoxy) is 1. The van der Waals surface area contributed by atoms with Gasteiger partial charge in [-0.25, -0.2) is 4.98 Å². The summed E-state index contributed by atoms with van der Waals surface area (Å²) in [5.41, 5.74) is 0.0740. The van der Waals surface area contributed by atoms with E-state index in [1.165, 1.54) is 0 Å². The van der Waals surface area contributed by atoms with E-state index in [2.05, 4.69) is 4.98 Å². The zero-order valence-electron chi connectivity index (χ0n) is 13.4. The minimum absolute atomic E-state index is 0.0779. The van der Waals surface area contributed by atoms with Gasteiger partial charge < -0.3 is 4.74 Å². The maximum Gasteiger partial charge on any atom is 0.417 e. The molecule has 1 aromatic carbocycles. The molecule has 0 aliphatic heterocycles. The van der Waals surface area contributed by atoms with Crippen molar-refractivity contribution in [2.24, 2.45) is 0 Å². The van der Waals surface area contributed by atoms with E-state index in [0.29, 0.717) is 17.2 Å². The number of aromatic nitrogens is 1. The molecule has 0 spiro atoms. The van der Waals surface area contributed by atoms with Gasteiger partial charge in [0.25, 0.3) is 0 Å². The third-order valence-corrected chi connectivity index (χ3v) is 5.00. The van der Waals surface area contributed by atoms with E-state index in [9.17, 15) is 18.4 Å². The second kappa shape index (κ2) is 6.96. The Balaban J connectivity index is 1.90. The molecule has 7 heteroatoms. The van der Waals surface area contributed by atoms with Crippen LogP contribution < -0.4 is 4.74 Å². The Hall–Kier alpha value is -2.20. The van der Waals surface area contributed by atoms with Crippen LogP contribution in [0.25, 0.3) is 0 Å². The van der Waals surface area contributed by atoms with Crippen LogP contribution in [0.15, 0.2) is 35.4 Å². The molecule has 1 aliphatic carbocycles. The molecule has 25 heavy (non-hydrogen) atoms. The molecule has 0 unspecified atom stereocenters. The maximum atomic E-state index is 13.3. The summed E-state index contributed by atoms with van der Waals surface area (Å²) < 4.78 is 45.1. The van der Waals surface area contributed by atoms with Crippen LogP contribution in [0, 0.1) is 11.3 Å². The zero-order chi connectivity index (χ0) is 18.0. The summed E-state index contributed by atoms with van der Waals surface area (Å²) in [4.78, 5) is 4.34. The topological polar surface area (TPSA) is 45.9 Å². The molecule has 0 saturated heterocycles. The Morgan fingerprint density at radius 3 is 2.48 bits per heavy atom. The first-order valence-corrected chi connectivity index (χ1v) is 8.69. The van der Waals surface area contributed by atoms with Crippen molar-refractivity contribution < 1.29 is 17.9 Å². The fraction of sp³-hybridized carbons (Fsp3) is 0.333. The van der Waals surface area contributed by atoms with E-state index in [0.717, 1.165) is 36.2 Å². The first-order chi connectivity index (χ1) is 11.9. The predicted molar refractivity (Wildman–Crippen MR) is 88.5 cm³/mol. The average molecular weight is 364 g/mol. The van der Waals surface area contributed by atoms with Crippen molar-refractivity contribution in [3.63, 3.8) is 0 Å². The van der Waals surface area contributed by atoms with E-state index in [4.69, 9.17) is 4.74 Å². The molecule has 2 aromatic rings. The van der Waals surface area contributed by atoms with Crippen molar-refractivity contribution >= 4 is 11.8 Å². The third kappa shape index (κ3) is 4.07. The van der Waals surface area contributed by atoms with Gasteiger partial charge >= 0.3 is 6.18 Å². The van der Waals surface area contributed by atoms with Crippen LogP contribution in [0.2, 0.25) is 0 Å². The van der Waals surface area contributed by atoms with Gasteiger partial charge in [0, 0.05) is 17.4 Å². The summed E-state index contributed by atoms with van der Waals surface area (Å²) in [6, 6.07) is 9.98. The van der Waals surface area contributed by atoms with Crippen molar-refractivity contribution in [3.8, 4) is 11.8 Å². The van der Waals surface area contributed by atoms with Crippen LogP contribution in [0.1, 0.15) is 41.1 Å². The van der Waals surface area contributed by atoms with E-state index in [-0.39, 0.29) is 10.9 Å². The largest absolute Gasteiger partial charge is 0.497 e. The second-order valence-corrected chi connectivity index (χ2v) is 6.76. The molecule has 0 N–H and O–H groups in total. The fourth-order valence-electron chi connectivity index (χ4n) is 2.44. The summed E-state index contributed by atoms with van der Waals surface area (Å²) in [5, 5.41) is 9.40. The highest BCUT2D eigenvalue weighted by Gasteiger charge is 2.38. The van der Waals surface area contributed by atoms with E-state index in [1.807, 2.05) is 12.1 Å². The molecule has 3 nitrogen and oxygen atoms in total. The molecule has 0 radical (unpaired) electrons. The van der Waals surface area contributed by atoms with Gasteiger partial charge in [0.1, 0.15) is 16.8 Å². The van der Waals surface area contributed by atoms with Gasteiger partial charge in [0.05, 0.1) is 18.2 Å². The van der Waals surface area contributed by atoms with Crippen molar-refractivity contribution in [2.45, 2.75) is 35.7 Å². The number of benzene rings is 1. The van der Waals surface area contributed by atoms with Crippen LogP contribution in [0.4, 0.5) is 13.2 Å². The molecular formula is C18H15F3N2OS. The van der Waals surface area contributed by atoms with Gasteiger partial charge in [-0.05, 0) is 36.6 Å². The Morgan fingerprint density at radius 1 is 1.28 bits per heavy atom. The summed E-state index contributed by atoms with van der Waals surface area (Å²) in [5.74, 6) is 1.21. The van der Waals surface area contributed by atoms with Crippen molar-refractivity contribution in [1.29, 1.82) is 5.26 Å². The molecule has 1 heterocycles. The molecule has 0 amide bonds. The van der Waals surface area contributed by atoms with E-state index >= 15 is 0 Å². The van der Waals surface area contributed by atoms with Crippen LogP contribution in [0.5, 0.6) is 5.75 Å². The highest BCUT2D eigenvalue weighted by molar-refractivity contribution is 7.98. The molecule has 1 aliphatic rings. The normalized spacial score (nSPS) is 14.2. The molecule has 3 rings (SSSR count). The number of hydrogen-bond donors (Lipinski definition) is 0. The lowest BCUT2D eigenvalue weighted by atomic mass is 10.1. The third-order valence-electron chi connectivity index (χ3n) is 3.95. The minimum atomic E-state index is -4.56. The van der Waals surface area contributed by atoms with Crippen LogP contribution in [0.3, 0.4) is 0 Å². The number of alkyl halides is 3. The summed E-state index contributed by atoms with van der Waals surface area (Å²) in [6.07, 6.45) is -2.87. The van der Waals surface area contributed by atoms with Crippen LogP contribution in [-0.2, 0) is 11.9 Å². The lowest BCUT2D eigenvalue weighted by Gasteiger charge is -2.14. The SMILES string of the molecule is COc1ccc(CSc2nc(C3CC3)cc(C(F)(F)F)c2C#N)cc1. The van der Waals surface area contributed by atoms with E-state index < -0.39 is 17.3 Å². The number of rotatable bonds is 5. The van der Waals surface area contributed by atoms with Gasteiger partial charge in [0.15, 0.2) is 0 Å². The first kappa shape index (κ1) is 17.6. The van der Waals surface area contributed by atoms with Crippen LogP contribution in [-0.4, -0.2) is 12.1 Å². The molecule has 0 bridgehead atoms. The summed E-state index contributed by atoms with van der Waals surface area (Å²) in [6.45, 7) is 0. The average Bonchev–Trinajstić information content (AvgIpc) is 3.43. The number of thioether (sulfide) groups is 1. The van der Waals surface area contributed by atoms with Gasteiger partial charge in [-0.1, -0.05) is 12.1 Å². The quantitative estimate of drug-likeness (QED) is 0.688. The zero-order valence-corrected chi connectivity index (χ0v) is 14.2. The fourth-order valence-corrected chi connectivity index (χ4v) is 3.40. The molecular weight excluding hydrogens is 349 g/mol. The Kier molecular flexibility index (Phi) is 4.91. The van der Waals surface area contributed by atoms with Crippen molar-refractivity contribution in [1.82, 2.24) is 4.98 Å². The standard InChI is InChI=1S/C18H15F3N2OS/c1-24-13-6-2-11(3-7-13)10-25-17-14(9-22)15(18(19,20)21)8-16(23-17)12-4-5-12/h2-3,6-8,12H,4-5,10H2,1H3. The first-order valence-electron chi connectivity index (χ1n) is 7.70. The lowest BCUT2D eigenvalue weighted by molar-refractivity contribution is -0.138. The number of methoxy groups -OCH3 is 1. The molecule has 1 aromatic heterocycles. The van der Waals surface area contributed by atoms with Crippen molar-refractivity contribution in [2.75, 3.05) is 7.11 Å². The summed E-state index contributed by atoms with van der Waals surface area (Å²) >= 11 is 1.15. The smallest absolute Gasteiger partial charge is 0.417 e. The highest BCUT2D eigenvalue weighted by Crippen LogP contribution is 2.43. The summed E-state index contributed by atoms with van der Waals surface area (Å²) in [7, 11) is 1.56. The van der Waals surface area contributed by atoms with Gasteiger partial charge in [-0.2, -0.15) is 18.4 Å². The lowest BCUT2D eigenvalue weighted by Crippen LogP contribution is -2.11. The number of pyridine rings is 1. The molecule has 1 saturated carbocycles. The number of hydrogen-bond acceptors (Lipinski definition) is 4. The van der Waals surface area contributed by atoms with Gasteiger partial charge in [0.2, 0.25) is 0 Å². The molecule has 130 valence electrons. The van der Waals surface area contributed by atoms with E-state index in [1.54, 1.807) is 25.3 Å². The maximum absolute atomic E-state index is 13.3. The second-order valence-electron chi connectivity index (χ2n) is 5.80. The predicted octanol–water partition coefficient (Wildman–Crippen LogP) is 5.15. The minimum Gasteiger partial charge on any atom is -0.497 e. The van der Waals surface area contributed by atoms with Gasteiger partial charge in [-0.15, -0.1) is 11.8 Å². The van der Waals surface area contributed by atoms with Crippen LogP contribution >= 0.6 is 11.8 Å².